The van der Waals surface area contributed by atoms with Crippen LogP contribution in [-0.2, 0) is 11.2 Å². The number of nitrogens with zero attached hydrogens (tertiary/aromatic N) is 4. The van der Waals surface area contributed by atoms with Gasteiger partial charge in [0.25, 0.3) is 0 Å². The van der Waals surface area contributed by atoms with Gasteiger partial charge in [-0.1, -0.05) is 6.92 Å². The van der Waals surface area contributed by atoms with Gasteiger partial charge >= 0.3 is 6.09 Å². The van der Waals surface area contributed by atoms with Crippen molar-refractivity contribution in [1.29, 1.82) is 0 Å². The lowest BCUT2D eigenvalue weighted by molar-refractivity contribution is 0.0269. The first-order valence-corrected chi connectivity index (χ1v) is 10.5. The first-order valence-electron chi connectivity index (χ1n) is 9.69. The van der Waals surface area contributed by atoms with E-state index >= 15 is 0 Å². The standard InChI is InChI=1S/C20H30N4O2S/c1-6-15-10-16-17(21-13-22-18(16)27-15)24-9-7-8-14(12-24)11-23(5)19(25)26-20(2,3)4/h10,13-14H,6-9,11-12H2,1-5H3. The maximum Gasteiger partial charge on any atom is 0.410 e. The lowest BCUT2D eigenvalue weighted by Crippen LogP contribution is -2.43. The molecule has 6 nitrogen and oxygen atoms in total. The van der Waals surface area contributed by atoms with E-state index in [1.165, 1.54) is 4.88 Å². The molecule has 0 aromatic carbocycles. The lowest BCUT2D eigenvalue weighted by Gasteiger charge is -2.36. The molecule has 3 rings (SSSR count). The molecule has 1 amide bonds. The van der Waals surface area contributed by atoms with Gasteiger partial charge < -0.3 is 14.5 Å². The fourth-order valence-corrected chi connectivity index (χ4v) is 4.46. The summed E-state index contributed by atoms with van der Waals surface area (Å²) in [5.74, 6) is 1.44. The molecule has 2 aromatic rings. The number of rotatable bonds is 4. The highest BCUT2D eigenvalue weighted by molar-refractivity contribution is 7.18. The zero-order valence-electron chi connectivity index (χ0n) is 17.0. The molecule has 1 saturated heterocycles. The highest BCUT2D eigenvalue weighted by Crippen LogP contribution is 2.32. The molecule has 0 radical (unpaired) electrons. The third-order valence-corrected chi connectivity index (χ3v) is 5.95. The van der Waals surface area contributed by atoms with Gasteiger partial charge in [0.1, 0.15) is 22.6 Å². The largest absolute Gasteiger partial charge is 0.444 e. The smallest absolute Gasteiger partial charge is 0.410 e. The molecule has 1 aliphatic rings. The van der Waals surface area contributed by atoms with Crippen LogP contribution in [0.15, 0.2) is 12.4 Å². The predicted molar refractivity (Wildman–Crippen MR) is 111 cm³/mol. The Bertz CT molecular complexity index is 799. The molecule has 2 aromatic heterocycles. The molecule has 1 unspecified atom stereocenters. The van der Waals surface area contributed by atoms with Crippen LogP contribution in [0.4, 0.5) is 10.6 Å². The number of aromatic nitrogens is 2. The van der Waals surface area contributed by atoms with Crippen LogP contribution < -0.4 is 4.90 Å². The fraction of sp³-hybridized carbons (Fsp3) is 0.650. The number of hydrogen-bond donors (Lipinski definition) is 0. The molecule has 7 heteroatoms. The number of carbonyl (C=O) groups is 1. The van der Waals surface area contributed by atoms with E-state index in [-0.39, 0.29) is 6.09 Å². The number of amides is 1. The van der Waals surface area contributed by atoms with Crippen molar-refractivity contribution in [2.45, 2.75) is 52.6 Å². The second kappa shape index (κ2) is 8.00. The number of thiophene rings is 1. The number of fused-ring (bicyclic) bond motifs is 1. The Balaban J connectivity index is 1.69. The lowest BCUT2D eigenvalue weighted by atomic mass is 9.97. The first-order chi connectivity index (χ1) is 12.8. The zero-order valence-corrected chi connectivity index (χ0v) is 17.8. The number of piperidine rings is 1. The van der Waals surface area contributed by atoms with Gasteiger partial charge in [0.2, 0.25) is 0 Å². The summed E-state index contributed by atoms with van der Waals surface area (Å²) in [7, 11) is 1.82. The van der Waals surface area contributed by atoms with Crippen LogP contribution in [0.25, 0.3) is 10.2 Å². The maximum absolute atomic E-state index is 12.3. The molecule has 3 heterocycles. The van der Waals surface area contributed by atoms with Crippen LogP contribution in [-0.4, -0.2) is 53.2 Å². The predicted octanol–water partition coefficient (Wildman–Crippen LogP) is 4.34. The molecule has 0 N–H and O–H groups in total. The third kappa shape index (κ3) is 4.89. The monoisotopic (exact) mass is 390 g/mol. The van der Waals surface area contributed by atoms with E-state index in [1.807, 2.05) is 27.8 Å². The van der Waals surface area contributed by atoms with Gasteiger partial charge in [-0.25, -0.2) is 14.8 Å². The Labute approximate surface area is 165 Å². The van der Waals surface area contributed by atoms with E-state index in [2.05, 4.69) is 27.9 Å². The summed E-state index contributed by atoms with van der Waals surface area (Å²) < 4.78 is 5.48. The van der Waals surface area contributed by atoms with Gasteiger partial charge in [0, 0.05) is 31.6 Å². The summed E-state index contributed by atoms with van der Waals surface area (Å²) >= 11 is 1.75. The Hall–Kier alpha value is -1.89. The minimum absolute atomic E-state index is 0.255. The van der Waals surface area contributed by atoms with Crippen molar-refractivity contribution in [3.63, 3.8) is 0 Å². The Morgan fingerprint density at radius 3 is 2.89 bits per heavy atom. The average Bonchev–Trinajstić information content (AvgIpc) is 3.03. The van der Waals surface area contributed by atoms with E-state index in [0.717, 1.165) is 48.4 Å². The molecular weight excluding hydrogens is 360 g/mol. The summed E-state index contributed by atoms with van der Waals surface area (Å²) in [5, 5.41) is 1.15. The van der Waals surface area contributed by atoms with E-state index in [9.17, 15) is 4.79 Å². The van der Waals surface area contributed by atoms with Gasteiger partial charge in [-0.05, 0) is 52.0 Å². The molecule has 1 fully saturated rings. The second-order valence-electron chi connectivity index (χ2n) is 8.30. The van der Waals surface area contributed by atoms with Gasteiger partial charge in [-0.2, -0.15) is 0 Å². The highest BCUT2D eigenvalue weighted by atomic mass is 32.1. The van der Waals surface area contributed by atoms with E-state index < -0.39 is 5.60 Å². The van der Waals surface area contributed by atoms with Crippen LogP contribution in [0.1, 0.15) is 45.4 Å². The van der Waals surface area contributed by atoms with E-state index in [0.29, 0.717) is 12.5 Å². The van der Waals surface area contributed by atoms with Crippen LogP contribution in [0.3, 0.4) is 0 Å². The Morgan fingerprint density at radius 1 is 1.41 bits per heavy atom. The van der Waals surface area contributed by atoms with Crippen LogP contribution in [0.2, 0.25) is 0 Å². The first kappa shape index (κ1) is 19.9. The summed E-state index contributed by atoms with van der Waals surface area (Å²) in [6.07, 6.45) is 4.65. The fourth-order valence-electron chi connectivity index (χ4n) is 3.53. The van der Waals surface area contributed by atoms with Gasteiger partial charge in [0.05, 0.1) is 5.39 Å². The van der Waals surface area contributed by atoms with E-state index in [4.69, 9.17) is 4.74 Å². The van der Waals surface area contributed by atoms with Crippen molar-refractivity contribution >= 4 is 33.5 Å². The summed E-state index contributed by atoms with van der Waals surface area (Å²) in [6.45, 7) is 10.4. The van der Waals surface area contributed by atoms with Crippen molar-refractivity contribution in [3.8, 4) is 0 Å². The van der Waals surface area contributed by atoms with Crippen LogP contribution >= 0.6 is 11.3 Å². The second-order valence-corrected chi connectivity index (χ2v) is 9.41. The minimum atomic E-state index is -0.466. The summed E-state index contributed by atoms with van der Waals surface area (Å²) in [4.78, 5) is 27.8. The van der Waals surface area contributed by atoms with Crippen molar-refractivity contribution in [2.75, 3.05) is 31.6 Å². The molecule has 1 atom stereocenters. The maximum atomic E-state index is 12.3. The molecule has 148 valence electrons. The number of carbonyl (C=O) groups excluding carboxylic acids is 1. The number of anilines is 1. The Kier molecular flexibility index (Phi) is 5.89. The topological polar surface area (TPSA) is 58.6 Å². The molecule has 27 heavy (non-hydrogen) atoms. The van der Waals surface area contributed by atoms with Gasteiger partial charge in [-0.3, -0.25) is 0 Å². The van der Waals surface area contributed by atoms with Crippen molar-refractivity contribution in [2.24, 2.45) is 5.92 Å². The minimum Gasteiger partial charge on any atom is -0.444 e. The van der Waals surface area contributed by atoms with Gasteiger partial charge in [0.15, 0.2) is 0 Å². The van der Waals surface area contributed by atoms with Crippen LogP contribution in [0.5, 0.6) is 0 Å². The van der Waals surface area contributed by atoms with Crippen molar-refractivity contribution < 1.29 is 9.53 Å². The number of hydrogen-bond acceptors (Lipinski definition) is 6. The zero-order chi connectivity index (χ0) is 19.6. The number of ether oxygens (including phenoxy) is 1. The average molecular weight is 391 g/mol. The molecule has 1 aliphatic heterocycles. The quantitative estimate of drug-likeness (QED) is 0.777. The summed E-state index contributed by atoms with van der Waals surface area (Å²) in [5.41, 5.74) is -0.466. The van der Waals surface area contributed by atoms with Crippen LogP contribution in [0, 0.1) is 5.92 Å². The highest BCUT2D eigenvalue weighted by Gasteiger charge is 2.27. The molecule has 0 spiro atoms. The summed E-state index contributed by atoms with van der Waals surface area (Å²) in [6, 6.07) is 2.23. The molecule has 0 aliphatic carbocycles. The molecule has 0 bridgehead atoms. The SMILES string of the molecule is CCc1cc2c(N3CCCC(CN(C)C(=O)OC(C)(C)C)C3)ncnc2s1. The van der Waals surface area contributed by atoms with Gasteiger partial charge in [-0.15, -0.1) is 11.3 Å². The number of aryl methyl sites for hydroxylation is 1. The van der Waals surface area contributed by atoms with Crippen molar-refractivity contribution in [3.05, 3.63) is 17.3 Å². The third-order valence-electron chi connectivity index (χ3n) is 4.76. The van der Waals surface area contributed by atoms with E-state index in [1.54, 1.807) is 22.6 Å². The normalized spacial score (nSPS) is 18.0. The van der Waals surface area contributed by atoms with Crippen molar-refractivity contribution in [1.82, 2.24) is 14.9 Å². The molecule has 0 saturated carbocycles. The Morgan fingerprint density at radius 2 is 2.19 bits per heavy atom. The molecular formula is C20H30N4O2S.